The average molecular weight is 352 g/mol. The van der Waals surface area contributed by atoms with Gasteiger partial charge in [-0.2, -0.15) is 0 Å². The fourth-order valence-corrected chi connectivity index (χ4v) is 3.15. The number of nitrogens with zero attached hydrogens (tertiary/aromatic N) is 2. The van der Waals surface area contributed by atoms with Crippen molar-refractivity contribution >= 4 is 17.5 Å². The van der Waals surface area contributed by atoms with Gasteiger partial charge in [-0.05, 0) is 51.1 Å². The maximum Gasteiger partial charge on any atom is 0.254 e. The minimum atomic E-state index is -0.143. The van der Waals surface area contributed by atoms with Crippen LogP contribution in [0.5, 0.6) is 5.75 Å². The third-order valence-electron chi connectivity index (χ3n) is 4.58. The summed E-state index contributed by atoms with van der Waals surface area (Å²) in [6, 6.07) is 14.9. The van der Waals surface area contributed by atoms with Gasteiger partial charge in [0.1, 0.15) is 12.3 Å². The van der Waals surface area contributed by atoms with E-state index in [1.807, 2.05) is 51.1 Å². The lowest BCUT2D eigenvalue weighted by atomic mass is 10.1. The van der Waals surface area contributed by atoms with E-state index in [2.05, 4.69) is 0 Å². The van der Waals surface area contributed by atoms with Crippen LogP contribution in [0.1, 0.15) is 29.8 Å². The quantitative estimate of drug-likeness (QED) is 0.848. The molecule has 0 spiro atoms. The number of hydrogen-bond donors (Lipinski definition) is 0. The molecule has 5 nitrogen and oxygen atoms in total. The summed E-state index contributed by atoms with van der Waals surface area (Å²) in [4.78, 5) is 28.9. The molecular formula is C21H24N2O3. The second-order valence-corrected chi connectivity index (χ2v) is 6.58. The summed E-state index contributed by atoms with van der Waals surface area (Å²) in [7, 11) is 0. The molecule has 2 aromatic carbocycles. The van der Waals surface area contributed by atoms with E-state index in [0.717, 1.165) is 11.3 Å². The van der Waals surface area contributed by atoms with Gasteiger partial charge in [0.2, 0.25) is 5.91 Å². The number of benzene rings is 2. The number of piperazine rings is 1. The van der Waals surface area contributed by atoms with Crippen LogP contribution in [0.3, 0.4) is 0 Å². The Kier molecular flexibility index (Phi) is 5.26. The zero-order valence-electron chi connectivity index (χ0n) is 15.4. The van der Waals surface area contributed by atoms with Crippen LogP contribution in [0.4, 0.5) is 5.69 Å². The molecule has 0 aromatic heterocycles. The lowest BCUT2D eigenvalue weighted by Crippen LogP contribution is -2.57. The van der Waals surface area contributed by atoms with Gasteiger partial charge in [-0.3, -0.25) is 9.59 Å². The van der Waals surface area contributed by atoms with Gasteiger partial charge >= 0.3 is 0 Å². The zero-order chi connectivity index (χ0) is 18.7. The van der Waals surface area contributed by atoms with Crippen LogP contribution in [-0.4, -0.2) is 42.5 Å². The smallest absolute Gasteiger partial charge is 0.254 e. The molecule has 1 aliphatic heterocycles. The molecule has 2 aromatic rings. The maximum absolute atomic E-state index is 12.9. The van der Waals surface area contributed by atoms with E-state index in [9.17, 15) is 9.59 Å². The minimum Gasteiger partial charge on any atom is -0.494 e. The fourth-order valence-electron chi connectivity index (χ4n) is 3.15. The molecule has 1 heterocycles. The first-order chi connectivity index (χ1) is 12.5. The topological polar surface area (TPSA) is 49.9 Å². The molecule has 1 fully saturated rings. The first-order valence-electron chi connectivity index (χ1n) is 8.90. The molecule has 136 valence electrons. The molecule has 1 aliphatic rings. The van der Waals surface area contributed by atoms with Gasteiger partial charge in [0, 0.05) is 23.8 Å². The molecule has 1 atom stereocenters. The maximum atomic E-state index is 12.9. The molecule has 1 saturated heterocycles. The molecule has 3 rings (SSSR count). The standard InChI is InChI=1S/C21H24N2O3/c1-4-26-19-7-5-6-17(12-19)21(25)22-14-20(24)23(13-16(22)3)18-10-8-15(2)9-11-18/h5-12,16H,4,13-14H2,1-3H3/t16-/m0/s1. The van der Waals surface area contributed by atoms with Crippen molar-refractivity contribution in [1.82, 2.24) is 4.90 Å². The van der Waals surface area contributed by atoms with Gasteiger partial charge in [-0.25, -0.2) is 0 Å². The summed E-state index contributed by atoms with van der Waals surface area (Å²) < 4.78 is 5.47. The van der Waals surface area contributed by atoms with Gasteiger partial charge in [0.05, 0.1) is 6.61 Å². The summed E-state index contributed by atoms with van der Waals surface area (Å²) in [6.07, 6.45) is 0. The van der Waals surface area contributed by atoms with Crippen LogP contribution in [0.15, 0.2) is 48.5 Å². The highest BCUT2D eigenvalue weighted by atomic mass is 16.5. The average Bonchev–Trinajstić information content (AvgIpc) is 2.64. The predicted octanol–water partition coefficient (Wildman–Crippen LogP) is 3.27. The van der Waals surface area contributed by atoms with Crippen LogP contribution in [0, 0.1) is 6.92 Å². The number of anilines is 1. The van der Waals surface area contributed by atoms with E-state index in [4.69, 9.17) is 4.74 Å². The van der Waals surface area contributed by atoms with Crippen LogP contribution in [0.2, 0.25) is 0 Å². The van der Waals surface area contributed by atoms with Crippen LogP contribution < -0.4 is 9.64 Å². The van der Waals surface area contributed by atoms with E-state index in [-0.39, 0.29) is 24.4 Å². The highest BCUT2D eigenvalue weighted by Crippen LogP contribution is 2.23. The summed E-state index contributed by atoms with van der Waals surface area (Å²) in [6.45, 7) is 6.99. The van der Waals surface area contributed by atoms with Gasteiger partial charge in [0.15, 0.2) is 0 Å². The second kappa shape index (κ2) is 7.60. The Morgan fingerprint density at radius 1 is 1.19 bits per heavy atom. The molecule has 0 radical (unpaired) electrons. The Labute approximate surface area is 154 Å². The van der Waals surface area contributed by atoms with Crippen molar-refractivity contribution in [1.29, 1.82) is 0 Å². The van der Waals surface area contributed by atoms with Crippen molar-refractivity contribution in [2.45, 2.75) is 26.8 Å². The number of amides is 2. The highest BCUT2D eigenvalue weighted by molar-refractivity contribution is 6.02. The normalized spacial score (nSPS) is 17.3. The lowest BCUT2D eigenvalue weighted by molar-refractivity contribution is -0.121. The highest BCUT2D eigenvalue weighted by Gasteiger charge is 2.33. The molecule has 0 unspecified atom stereocenters. The van der Waals surface area contributed by atoms with Crippen molar-refractivity contribution in [2.75, 3.05) is 24.6 Å². The molecule has 0 N–H and O–H groups in total. The molecule has 26 heavy (non-hydrogen) atoms. The summed E-state index contributed by atoms with van der Waals surface area (Å²) in [5.74, 6) is 0.452. The number of carbonyl (C=O) groups is 2. The predicted molar refractivity (Wildman–Crippen MR) is 102 cm³/mol. The van der Waals surface area contributed by atoms with Crippen molar-refractivity contribution in [3.05, 3.63) is 59.7 Å². The molecule has 0 saturated carbocycles. The molecule has 2 amide bonds. The van der Waals surface area contributed by atoms with Gasteiger partial charge in [-0.15, -0.1) is 0 Å². The van der Waals surface area contributed by atoms with E-state index in [1.54, 1.807) is 28.0 Å². The second-order valence-electron chi connectivity index (χ2n) is 6.58. The molecular weight excluding hydrogens is 328 g/mol. The Balaban J connectivity index is 1.76. The number of ether oxygens (including phenoxy) is 1. The Hall–Kier alpha value is -2.82. The molecule has 5 heteroatoms. The number of aryl methyl sites for hydroxylation is 1. The van der Waals surface area contributed by atoms with Crippen molar-refractivity contribution < 1.29 is 14.3 Å². The minimum absolute atomic E-state index is 0.0683. The van der Waals surface area contributed by atoms with Crippen LogP contribution >= 0.6 is 0 Å². The first-order valence-corrected chi connectivity index (χ1v) is 8.90. The number of hydrogen-bond acceptors (Lipinski definition) is 3. The fraction of sp³-hybridized carbons (Fsp3) is 0.333. The van der Waals surface area contributed by atoms with E-state index < -0.39 is 0 Å². The largest absolute Gasteiger partial charge is 0.494 e. The zero-order valence-corrected chi connectivity index (χ0v) is 15.4. The lowest BCUT2D eigenvalue weighted by Gasteiger charge is -2.39. The van der Waals surface area contributed by atoms with Gasteiger partial charge < -0.3 is 14.5 Å². The van der Waals surface area contributed by atoms with Gasteiger partial charge in [0.25, 0.3) is 5.91 Å². The third kappa shape index (κ3) is 3.72. The summed E-state index contributed by atoms with van der Waals surface area (Å²) in [5, 5.41) is 0. The first kappa shape index (κ1) is 18.0. The summed E-state index contributed by atoms with van der Waals surface area (Å²) in [5.41, 5.74) is 2.56. The molecule has 0 bridgehead atoms. The van der Waals surface area contributed by atoms with Gasteiger partial charge in [-0.1, -0.05) is 23.8 Å². The Morgan fingerprint density at radius 2 is 1.92 bits per heavy atom. The van der Waals surface area contributed by atoms with Crippen molar-refractivity contribution in [3.8, 4) is 5.75 Å². The molecule has 0 aliphatic carbocycles. The van der Waals surface area contributed by atoms with Crippen LogP contribution in [0.25, 0.3) is 0 Å². The van der Waals surface area contributed by atoms with E-state index in [0.29, 0.717) is 24.5 Å². The van der Waals surface area contributed by atoms with Crippen LogP contribution in [-0.2, 0) is 4.79 Å². The number of carbonyl (C=O) groups excluding carboxylic acids is 2. The third-order valence-corrected chi connectivity index (χ3v) is 4.58. The SMILES string of the molecule is CCOc1cccc(C(=O)N2CC(=O)N(c3ccc(C)cc3)C[C@@H]2C)c1. The van der Waals surface area contributed by atoms with Crippen molar-refractivity contribution in [3.63, 3.8) is 0 Å². The van der Waals surface area contributed by atoms with Crippen molar-refractivity contribution in [2.24, 2.45) is 0 Å². The van der Waals surface area contributed by atoms with E-state index in [1.165, 1.54) is 0 Å². The summed E-state index contributed by atoms with van der Waals surface area (Å²) >= 11 is 0. The Morgan fingerprint density at radius 3 is 2.62 bits per heavy atom. The monoisotopic (exact) mass is 352 g/mol. The van der Waals surface area contributed by atoms with E-state index >= 15 is 0 Å². The Bertz CT molecular complexity index is 801. The number of rotatable bonds is 4.